The van der Waals surface area contributed by atoms with E-state index in [0.29, 0.717) is 13.0 Å². The number of hydrogen-bond donors (Lipinski definition) is 1. The highest BCUT2D eigenvalue weighted by molar-refractivity contribution is 9.10. The first-order valence-electron chi connectivity index (χ1n) is 4.36. The highest BCUT2D eigenvalue weighted by Gasteiger charge is 2.07. The first kappa shape index (κ1) is 11.2. The van der Waals surface area contributed by atoms with Crippen LogP contribution in [0.5, 0.6) is 0 Å². The van der Waals surface area contributed by atoms with Crippen molar-refractivity contribution in [1.82, 2.24) is 20.1 Å². The number of nitrogens with zero attached hydrogens (tertiary/aromatic N) is 3. The minimum Gasteiger partial charge on any atom is -0.355 e. The van der Waals surface area contributed by atoms with Crippen LogP contribution in [0.4, 0.5) is 0 Å². The van der Waals surface area contributed by atoms with Gasteiger partial charge in [-0.15, -0.1) is 0 Å². The molecule has 0 bridgehead atoms. The maximum Gasteiger partial charge on any atom is 0.233 e. The number of nitrogens with one attached hydrogen (secondary N) is 1. The summed E-state index contributed by atoms with van der Waals surface area (Å²) in [6.07, 6.45) is 2.30. The van der Waals surface area contributed by atoms with Crippen LogP contribution in [0.3, 0.4) is 0 Å². The predicted octanol–water partition coefficient (Wildman–Crippen LogP) is 0.257. The molecule has 0 saturated heterocycles. The van der Waals surface area contributed by atoms with Gasteiger partial charge in [-0.05, 0) is 6.92 Å². The Labute approximate surface area is 91.0 Å². The molecule has 1 heterocycles. The highest BCUT2D eigenvalue weighted by atomic mass is 79.9. The molecular formula is C8H13BrN4O. The molecule has 0 saturated carbocycles. The van der Waals surface area contributed by atoms with Gasteiger partial charge in [0.25, 0.3) is 0 Å². The van der Waals surface area contributed by atoms with Crippen molar-refractivity contribution in [3.05, 3.63) is 12.2 Å². The number of hydrogen-bond acceptors (Lipinski definition) is 3. The summed E-state index contributed by atoms with van der Waals surface area (Å²) in [5.41, 5.74) is 0. The fourth-order valence-electron chi connectivity index (χ4n) is 0.937. The molecule has 0 fully saturated rings. The molecule has 1 rings (SSSR count). The van der Waals surface area contributed by atoms with E-state index >= 15 is 0 Å². The van der Waals surface area contributed by atoms with Gasteiger partial charge in [0.1, 0.15) is 6.33 Å². The quantitative estimate of drug-likeness (QED) is 0.791. The van der Waals surface area contributed by atoms with E-state index in [2.05, 4.69) is 31.3 Å². The summed E-state index contributed by atoms with van der Waals surface area (Å²) in [7, 11) is 1.82. The number of carbonyl (C=O) groups is 1. The molecule has 0 aromatic carbocycles. The Balaban J connectivity index is 2.25. The number of aromatic nitrogens is 3. The zero-order chi connectivity index (χ0) is 10.6. The average molecular weight is 261 g/mol. The summed E-state index contributed by atoms with van der Waals surface area (Å²) in [6, 6.07) is 0. The summed E-state index contributed by atoms with van der Waals surface area (Å²) in [5, 5.41) is 6.86. The van der Waals surface area contributed by atoms with Crippen LogP contribution in [0.15, 0.2) is 6.33 Å². The van der Waals surface area contributed by atoms with E-state index in [1.807, 2.05) is 7.05 Å². The van der Waals surface area contributed by atoms with Crippen molar-refractivity contribution in [2.24, 2.45) is 7.05 Å². The van der Waals surface area contributed by atoms with Gasteiger partial charge in [0, 0.05) is 20.0 Å². The lowest BCUT2D eigenvalue weighted by molar-refractivity contribution is -0.120. The maximum atomic E-state index is 11.1. The molecule has 14 heavy (non-hydrogen) atoms. The highest BCUT2D eigenvalue weighted by Crippen LogP contribution is 1.96. The monoisotopic (exact) mass is 260 g/mol. The molecule has 1 aromatic rings. The molecule has 1 N–H and O–H groups in total. The van der Waals surface area contributed by atoms with Crippen LogP contribution in [0.1, 0.15) is 12.7 Å². The largest absolute Gasteiger partial charge is 0.355 e. The Bertz CT molecular complexity index is 310. The lowest BCUT2D eigenvalue weighted by atomic mass is 10.4. The number of carbonyl (C=O) groups excluding carboxylic acids is 1. The summed E-state index contributed by atoms with van der Waals surface area (Å²) >= 11 is 3.18. The van der Waals surface area contributed by atoms with Crippen LogP contribution < -0.4 is 5.32 Å². The molecule has 0 aliphatic carbocycles. The van der Waals surface area contributed by atoms with Crippen molar-refractivity contribution >= 4 is 21.8 Å². The minimum absolute atomic E-state index is 0.0130. The Morgan fingerprint density at radius 1 is 1.79 bits per heavy atom. The number of amides is 1. The number of alkyl halides is 1. The van der Waals surface area contributed by atoms with Crippen LogP contribution in [0.25, 0.3) is 0 Å². The third-order valence-corrected chi connectivity index (χ3v) is 2.07. The van der Waals surface area contributed by atoms with Gasteiger partial charge in [-0.1, -0.05) is 15.9 Å². The standard InChI is InChI=1S/C8H13BrN4O/c1-6(9)8(14)10-4-3-7-11-5-13(2)12-7/h5-6H,3-4H2,1-2H3,(H,10,14). The van der Waals surface area contributed by atoms with E-state index in [0.717, 1.165) is 5.82 Å². The number of halogens is 1. The van der Waals surface area contributed by atoms with E-state index in [1.54, 1.807) is 17.9 Å². The normalized spacial score (nSPS) is 12.5. The minimum atomic E-state index is -0.154. The molecule has 0 spiro atoms. The second-order valence-corrected chi connectivity index (χ2v) is 4.37. The van der Waals surface area contributed by atoms with Crippen molar-refractivity contribution in [2.75, 3.05) is 6.54 Å². The Kier molecular flexibility index (Phi) is 4.06. The molecule has 6 heteroatoms. The van der Waals surface area contributed by atoms with E-state index in [1.165, 1.54) is 0 Å². The summed E-state index contributed by atoms with van der Waals surface area (Å²) in [6.45, 7) is 2.35. The summed E-state index contributed by atoms with van der Waals surface area (Å²) in [4.78, 5) is 15.0. The van der Waals surface area contributed by atoms with Gasteiger partial charge < -0.3 is 5.32 Å². The molecule has 0 aliphatic rings. The van der Waals surface area contributed by atoms with E-state index in [-0.39, 0.29) is 10.7 Å². The van der Waals surface area contributed by atoms with Crippen LogP contribution in [0.2, 0.25) is 0 Å². The van der Waals surface area contributed by atoms with E-state index < -0.39 is 0 Å². The van der Waals surface area contributed by atoms with Gasteiger partial charge in [-0.25, -0.2) is 4.98 Å². The second-order valence-electron chi connectivity index (χ2n) is 2.99. The summed E-state index contributed by atoms with van der Waals surface area (Å²) < 4.78 is 1.64. The third-order valence-electron chi connectivity index (χ3n) is 1.66. The summed E-state index contributed by atoms with van der Waals surface area (Å²) in [5.74, 6) is 0.732. The van der Waals surface area contributed by atoms with Crippen molar-refractivity contribution in [3.8, 4) is 0 Å². The van der Waals surface area contributed by atoms with Gasteiger partial charge in [0.15, 0.2) is 5.82 Å². The Hall–Kier alpha value is -0.910. The lowest BCUT2D eigenvalue weighted by Gasteiger charge is -2.04. The van der Waals surface area contributed by atoms with Crippen molar-refractivity contribution < 1.29 is 4.79 Å². The van der Waals surface area contributed by atoms with E-state index in [4.69, 9.17) is 0 Å². The smallest absolute Gasteiger partial charge is 0.233 e. The van der Waals surface area contributed by atoms with Gasteiger partial charge in [0.2, 0.25) is 5.91 Å². The van der Waals surface area contributed by atoms with Crippen LogP contribution in [-0.2, 0) is 18.3 Å². The van der Waals surface area contributed by atoms with Crippen molar-refractivity contribution in [1.29, 1.82) is 0 Å². The van der Waals surface area contributed by atoms with Crippen molar-refractivity contribution in [2.45, 2.75) is 18.2 Å². The topological polar surface area (TPSA) is 59.8 Å². The molecule has 5 nitrogen and oxygen atoms in total. The maximum absolute atomic E-state index is 11.1. The van der Waals surface area contributed by atoms with Crippen LogP contribution in [-0.4, -0.2) is 32.0 Å². The fraction of sp³-hybridized carbons (Fsp3) is 0.625. The Morgan fingerprint density at radius 2 is 2.50 bits per heavy atom. The number of aryl methyl sites for hydroxylation is 1. The van der Waals surface area contributed by atoms with Gasteiger partial charge in [-0.3, -0.25) is 9.48 Å². The second kappa shape index (κ2) is 5.09. The molecule has 0 radical (unpaired) electrons. The van der Waals surface area contributed by atoms with Gasteiger partial charge >= 0.3 is 0 Å². The van der Waals surface area contributed by atoms with Gasteiger partial charge in [0.05, 0.1) is 4.83 Å². The predicted molar refractivity (Wildman–Crippen MR) is 56.1 cm³/mol. The van der Waals surface area contributed by atoms with Crippen LogP contribution in [0, 0.1) is 0 Å². The third kappa shape index (κ3) is 3.45. The Morgan fingerprint density at radius 3 is 3.00 bits per heavy atom. The first-order chi connectivity index (χ1) is 6.59. The molecule has 0 aliphatic heterocycles. The number of rotatable bonds is 4. The SMILES string of the molecule is CC(Br)C(=O)NCCc1ncn(C)n1. The zero-order valence-electron chi connectivity index (χ0n) is 8.20. The molecule has 78 valence electrons. The van der Waals surface area contributed by atoms with Crippen molar-refractivity contribution in [3.63, 3.8) is 0 Å². The average Bonchev–Trinajstić information content (AvgIpc) is 2.51. The first-order valence-corrected chi connectivity index (χ1v) is 5.27. The zero-order valence-corrected chi connectivity index (χ0v) is 9.78. The molecule has 1 unspecified atom stereocenters. The molecule has 1 aromatic heterocycles. The lowest BCUT2D eigenvalue weighted by Crippen LogP contribution is -2.31. The van der Waals surface area contributed by atoms with Crippen LogP contribution >= 0.6 is 15.9 Å². The van der Waals surface area contributed by atoms with Gasteiger partial charge in [-0.2, -0.15) is 5.10 Å². The molecular weight excluding hydrogens is 248 g/mol. The molecule has 1 amide bonds. The fourth-order valence-corrected chi connectivity index (χ4v) is 1.10. The molecule has 1 atom stereocenters. The van der Waals surface area contributed by atoms with E-state index in [9.17, 15) is 4.79 Å².